The lowest BCUT2D eigenvalue weighted by Gasteiger charge is -2.15. The molecule has 0 radical (unpaired) electrons. The number of methoxy groups -OCH3 is 1. The number of hydrogen-bond acceptors (Lipinski definition) is 3. The van der Waals surface area contributed by atoms with Gasteiger partial charge >= 0.3 is 0 Å². The number of rotatable bonds is 6. The van der Waals surface area contributed by atoms with Gasteiger partial charge in [-0.2, -0.15) is 0 Å². The summed E-state index contributed by atoms with van der Waals surface area (Å²) in [6.07, 6.45) is 1.69. The van der Waals surface area contributed by atoms with E-state index in [0.717, 1.165) is 18.4 Å². The van der Waals surface area contributed by atoms with Crippen molar-refractivity contribution in [2.24, 2.45) is 5.73 Å². The maximum atomic E-state index is 6.07. The summed E-state index contributed by atoms with van der Waals surface area (Å²) in [5, 5.41) is 0.595. The molecule has 0 spiro atoms. The van der Waals surface area contributed by atoms with Gasteiger partial charge in [0.05, 0.1) is 5.02 Å². The van der Waals surface area contributed by atoms with Gasteiger partial charge in [-0.1, -0.05) is 30.7 Å². The third-order valence-electron chi connectivity index (χ3n) is 2.38. The molecular formula is C12H18ClNO2. The molecule has 4 heteroatoms. The molecule has 0 amide bonds. The third kappa shape index (κ3) is 3.67. The first-order valence-corrected chi connectivity index (χ1v) is 5.71. The van der Waals surface area contributed by atoms with Crippen LogP contribution in [-0.2, 0) is 11.2 Å². The number of para-hydroxylation sites is 1. The summed E-state index contributed by atoms with van der Waals surface area (Å²) in [7, 11) is 1.58. The van der Waals surface area contributed by atoms with E-state index in [9.17, 15) is 0 Å². The number of halogens is 1. The van der Waals surface area contributed by atoms with Crippen LogP contribution in [0.3, 0.4) is 0 Å². The van der Waals surface area contributed by atoms with Gasteiger partial charge in [0.15, 0.2) is 6.79 Å². The molecule has 90 valence electrons. The molecule has 1 rings (SSSR count). The van der Waals surface area contributed by atoms with Crippen LogP contribution in [-0.4, -0.2) is 19.9 Å². The van der Waals surface area contributed by atoms with Crippen LogP contribution in [0.1, 0.15) is 18.9 Å². The molecule has 1 unspecified atom stereocenters. The minimum atomic E-state index is 0.128. The zero-order valence-corrected chi connectivity index (χ0v) is 10.5. The quantitative estimate of drug-likeness (QED) is 0.782. The van der Waals surface area contributed by atoms with E-state index in [1.165, 1.54) is 0 Å². The number of ether oxygens (including phenoxy) is 2. The number of nitrogens with two attached hydrogens (primary N) is 1. The van der Waals surface area contributed by atoms with Gasteiger partial charge in [0, 0.05) is 13.2 Å². The Morgan fingerprint density at radius 2 is 2.19 bits per heavy atom. The summed E-state index contributed by atoms with van der Waals surface area (Å²) in [6, 6.07) is 5.81. The summed E-state index contributed by atoms with van der Waals surface area (Å²) in [5.41, 5.74) is 6.95. The van der Waals surface area contributed by atoms with Crippen molar-refractivity contribution in [2.45, 2.75) is 25.8 Å². The van der Waals surface area contributed by atoms with Crippen molar-refractivity contribution in [1.82, 2.24) is 0 Å². The van der Waals surface area contributed by atoms with E-state index in [0.29, 0.717) is 10.8 Å². The molecule has 0 aliphatic heterocycles. The van der Waals surface area contributed by atoms with Gasteiger partial charge in [-0.25, -0.2) is 0 Å². The lowest BCUT2D eigenvalue weighted by Crippen LogP contribution is -2.21. The lowest BCUT2D eigenvalue weighted by molar-refractivity contribution is 0.0504. The second-order valence-corrected chi connectivity index (χ2v) is 4.06. The highest BCUT2D eigenvalue weighted by molar-refractivity contribution is 6.32. The zero-order valence-electron chi connectivity index (χ0n) is 9.70. The number of benzene rings is 1. The monoisotopic (exact) mass is 243 g/mol. The van der Waals surface area contributed by atoms with Gasteiger partial charge in [-0.05, 0) is 24.5 Å². The Hall–Kier alpha value is -0.770. The van der Waals surface area contributed by atoms with Gasteiger partial charge in [-0.3, -0.25) is 0 Å². The molecule has 0 fully saturated rings. The average molecular weight is 244 g/mol. The first-order chi connectivity index (χ1) is 7.69. The molecule has 0 aliphatic carbocycles. The molecule has 1 atom stereocenters. The summed E-state index contributed by atoms with van der Waals surface area (Å²) >= 11 is 6.07. The van der Waals surface area contributed by atoms with Gasteiger partial charge in [0.25, 0.3) is 0 Å². The normalized spacial score (nSPS) is 12.5. The van der Waals surface area contributed by atoms with Crippen LogP contribution in [0.5, 0.6) is 5.75 Å². The van der Waals surface area contributed by atoms with Crippen molar-refractivity contribution in [1.29, 1.82) is 0 Å². The average Bonchev–Trinajstić information content (AvgIpc) is 2.28. The molecule has 0 bridgehead atoms. The first-order valence-electron chi connectivity index (χ1n) is 5.33. The number of hydrogen-bond donors (Lipinski definition) is 1. The highest BCUT2D eigenvalue weighted by Crippen LogP contribution is 2.29. The topological polar surface area (TPSA) is 44.5 Å². The lowest BCUT2D eigenvalue weighted by atomic mass is 10.0. The molecule has 3 nitrogen and oxygen atoms in total. The van der Waals surface area contributed by atoms with E-state index >= 15 is 0 Å². The van der Waals surface area contributed by atoms with E-state index in [1.54, 1.807) is 13.2 Å². The smallest absolute Gasteiger partial charge is 0.188 e. The Bertz CT molecular complexity index is 331. The van der Waals surface area contributed by atoms with Crippen LogP contribution in [0.15, 0.2) is 18.2 Å². The first kappa shape index (κ1) is 13.3. The molecule has 2 N–H and O–H groups in total. The summed E-state index contributed by atoms with van der Waals surface area (Å²) in [6.45, 7) is 2.25. The molecule has 0 saturated heterocycles. The predicted molar refractivity (Wildman–Crippen MR) is 65.9 cm³/mol. The Morgan fingerprint density at radius 3 is 2.81 bits per heavy atom. The molecule has 1 aromatic carbocycles. The maximum absolute atomic E-state index is 6.07. The Balaban J connectivity index is 2.84. The summed E-state index contributed by atoms with van der Waals surface area (Å²) < 4.78 is 10.3. The highest BCUT2D eigenvalue weighted by atomic mass is 35.5. The van der Waals surface area contributed by atoms with Crippen LogP contribution < -0.4 is 10.5 Å². The van der Waals surface area contributed by atoms with Gasteiger partial charge in [-0.15, -0.1) is 0 Å². The van der Waals surface area contributed by atoms with E-state index in [1.807, 2.05) is 12.1 Å². The maximum Gasteiger partial charge on any atom is 0.188 e. The van der Waals surface area contributed by atoms with E-state index in [4.69, 9.17) is 26.8 Å². The fraction of sp³-hybridized carbons (Fsp3) is 0.500. The summed E-state index contributed by atoms with van der Waals surface area (Å²) in [5.74, 6) is 0.676. The minimum Gasteiger partial charge on any atom is -0.466 e. The van der Waals surface area contributed by atoms with Crippen LogP contribution >= 0.6 is 11.6 Å². The molecule has 1 aromatic rings. The van der Waals surface area contributed by atoms with Crippen LogP contribution in [0.4, 0.5) is 0 Å². The minimum absolute atomic E-state index is 0.128. The van der Waals surface area contributed by atoms with Crippen LogP contribution in [0.2, 0.25) is 5.02 Å². The van der Waals surface area contributed by atoms with E-state index in [-0.39, 0.29) is 12.8 Å². The Labute approximate surface area is 101 Å². The standard InChI is InChI=1S/C12H18ClNO2/c1-3-10(14)7-9-5-4-6-11(13)12(9)16-8-15-2/h4-6,10H,3,7-8,14H2,1-2H3. The van der Waals surface area contributed by atoms with E-state index < -0.39 is 0 Å². The second kappa shape index (κ2) is 6.74. The van der Waals surface area contributed by atoms with Crippen molar-refractivity contribution in [3.8, 4) is 5.75 Å². The molecule has 0 aromatic heterocycles. The van der Waals surface area contributed by atoms with Crippen LogP contribution in [0, 0.1) is 0 Å². The zero-order chi connectivity index (χ0) is 12.0. The second-order valence-electron chi connectivity index (χ2n) is 3.65. The third-order valence-corrected chi connectivity index (χ3v) is 2.67. The highest BCUT2D eigenvalue weighted by Gasteiger charge is 2.11. The molecule has 0 saturated carbocycles. The van der Waals surface area contributed by atoms with Crippen molar-refractivity contribution >= 4 is 11.6 Å². The Morgan fingerprint density at radius 1 is 1.44 bits per heavy atom. The van der Waals surface area contributed by atoms with Crippen molar-refractivity contribution in [3.63, 3.8) is 0 Å². The van der Waals surface area contributed by atoms with Gasteiger partial charge < -0.3 is 15.2 Å². The van der Waals surface area contributed by atoms with Crippen molar-refractivity contribution in [3.05, 3.63) is 28.8 Å². The fourth-order valence-electron chi connectivity index (χ4n) is 1.42. The molecule has 16 heavy (non-hydrogen) atoms. The largest absolute Gasteiger partial charge is 0.466 e. The van der Waals surface area contributed by atoms with E-state index in [2.05, 4.69) is 6.92 Å². The SMILES string of the molecule is CCC(N)Cc1cccc(Cl)c1OCOC. The van der Waals surface area contributed by atoms with Crippen LogP contribution in [0.25, 0.3) is 0 Å². The molecule has 0 aliphatic rings. The fourth-order valence-corrected chi connectivity index (χ4v) is 1.67. The molecule has 0 heterocycles. The van der Waals surface area contributed by atoms with Gasteiger partial charge in [0.1, 0.15) is 5.75 Å². The molecular weight excluding hydrogens is 226 g/mol. The van der Waals surface area contributed by atoms with Crippen molar-refractivity contribution < 1.29 is 9.47 Å². The Kier molecular flexibility index (Phi) is 5.60. The van der Waals surface area contributed by atoms with Crippen molar-refractivity contribution in [2.75, 3.05) is 13.9 Å². The predicted octanol–water partition coefficient (Wildman–Crippen LogP) is 2.60. The van der Waals surface area contributed by atoms with Gasteiger partial charge in [0.2, 0.25) is 0 Å². The summed E-state index contributed by atoms with van der Waals surface area (Å²) in [4.78, 5) is 0.